The summed E-state index contributed by atoms with van der Waals surface area (Å²) in [4.78, 5) is 1.03. The largest absolute Gasteiger partial charge is 0.487 e. The maximum Gasteiger partial charge on any atom is 0.272 e. The van der Waals surface area contributed by atoms with E-state index in [0.29, 0.717) is 10.0 Å². The van der Waals surface area contributed by atoms with Crippen molar-refractivity contribution in [2.75, 3.05) is 13.2 Å². The van der Waals surface area contributed by atoms with Gasteiger partial charge < -0.3 is 9.64 Å². The standard InChI is InChI=1S/C22H16BrF6NO/c1-12-16(23)9-15(13-5-3-2-4-6-13)22(30(12)10-19(26)27)21-17(24)7-14(8-18(21)25)31-11-20(28)29/h2-9,19-20H,1,10-11H2. The number of hydrogen-bond acceptors (Lipinski definition) is 2. The first kappa shape index (κ1) is 23.0. The van der Waals surface area contributed by atoms with Gasteiger partial charge in [0.2, 0.25) is 0 Å². The van der Waals surface area contributed by atoms with Gasteiger partial charge in [0.05, 0.1) is 17.8 Å². The van der Waals surface area contributed by atoms with Crippen molar-refractivity contribution in [3.05, 3.63) is 88.1 Å². The van der Waals surface area contributed by atoms with E-state index in [0.717, 1.165) is 17.0 Å². The van der Waals surface area contributed by atoms with Gasteiger partial charge in [-0.05, 0) is 27.6 Å². The predicted octanol–water partition coefficient (Wildman–Crippen LogP) is 6.85. The van der Waals surface area contributed by atoms with Crippen LogP contribution >= 0.6 is 15.9 Å². The van der Waals surface area contributed by atoms with Gasteiger partial charge in [-0.15, -0.1) is 0 Å². The highest BCUT2D eigenvalue weighted by molar-refractivity contribution is 9.12. The van der Waals surface area contributed by atoms with Gasteiger partial charge in [-0.1, -0.05) is 36.9 Å². The fourth-order valence-corrected chi connectivity index (χ4v) is 3.60. The zero-order valence-electron chi connectivity index (χ0n) is 15.9. The van der Waals surface area contributed by atoms with Crippen molar-refractivity contribution in [3.63, 3.8) is 0 Å². The number of allylic oxidation sites excluding steroid dienone is 3. The summed E-state index contributed by atoms with van der Waals surface area (Å²) in [5.74, 6) is -2.73. The molecule has 3 rings (SSSR count). The third-order valence-electron chi connectivity index (χ3n) is 4.43. The van der Waals surface area contributed by atoms with Crippen LogP contribution in [0.25, 0.3) is 11.3 Å². The number of benzene rings is 2. The first-order valence-corrected chi connectivity index (χ1v) is 9.80. The Bertz CT molecular complexity index is 1010. The van der Waals surface area contributed by atoms with E-state index in [9.17, 15) is 17.6 Å². The maximum absolute atomic E-state index is 15.0. The van der Waals surface area contributed by atoms with Gasteiger partial charge >= 0.3 is 0 Å². The van der Waals surface area contributed by atoms with E-state index in [-0.39, 0.29) is 17.0 Å². The number of halogens is 7. The summed E-state index contributed by atoms with van der Waals surface area (Å²) in [5, 5.41) is 0. The van der Waals surface area contributed by atoms with Crippen molar-refractivity contribution in [1.82, 2.24) is 4.90 Å². The molecule has 1 heterocycles. The zero-order chi connectivity index (χ0) is 22.7. The van der Waals surface area contributed by atoms with Gasteiger partial charge in [0.15, 0.2) is 0 Å². The molecule has 1 aliphatic rings. The van der Waals surface area contributed by atoms with Gasteiger partial charge in [0.25, 0.3) is 12.9 Å². The third-order valence-corrected chi connectivity index (χ3v) is 5.12. The quantitative estimate of drug-likeness (QED) is 0.383. The van der Waals surface area contributed by atoms with Gasteiger partial charge in [-0.2, -0.15) is 0 Å². The average Bonchev–Trinajstić information content (AvgIpc) is 2.71. The van der Waals surface area contributed by atoms with Crippen LogP contribution in [0.1, 0.15) is 11.1 Å². The third kappa shape index (κ3) is 5.15. The molecule has 2 aromatic carbocycles. The minimum atomic E-state index is -2.83. The lowest BCUT2D eigenvalue weighted by Crippen LogP contribution is -2.30. The normalized spacial score (nSPS) is 14.5. The lowest BCUT2D eigenvalue weighted by Gasteiger charge is -2.34. The second kappa shape index (κ2) is 9.64. The molecule has 2 aromatic rings. The number of nitrogens with zero attached hydrogens (tertiary/aromatic N) is 1. The second-order valence-corrected chi connectivity index (χ2v) is 7.39. The fraction of sp³-hybridized carbons (Fsp3) is 0.182. The van der Waals surface area contributed by atoms with Crippen molar-refractivity contribution in [2.24, 2.45) is 0 Å². The summed E-state index contributed by atoms with van der Waals surface area (Å²) in [7, 11) is 0. The molecule has 9 heteroatoms. The monoisotopic (exact) mass is 503 g/mol. The summed E-state index contributed by atoms with van der Waals surface area (Å²) in [5.41, 5.74) is 0.140. The van der Waals surface area contributed by atoms with E-state index >= 15 is 8.78 Å². The molecule has 1 aliphatic heterocycles. The van der Waals surface area contributed by atoms with Crippen LogP contribution in [0.2, 0.25) is 0 Å². The Kier molecular flexibility index (Phi) is 7.15. The molecule has 0 saturated heterocycles. The summed E-state index contributed by atoms with van der Waals surface area (Å²) < 4.78 is 86.6. The van der Waals surface area contributed by atoms with Crippen LogP contribution in [0.15, 0.2) is 65.3 Å². The highest BCUT2D eigenvalue weighted by Crippen LogP contribution is 2.43. The van der Waals surface area contributed by atoms with Gasteiger partial charge in [0.1, 0.15) is 24.0 Å². The van der Waals surface area contributed by atoms with E-state index in [1.165, 1.54) is 6.08 Å². The van der Waals surface area contributed by atoms with E-state index in [4.69, 9.17) is 4.74 Å². The number of alkyl halides is 4. The fourth-order valence-electron chi connectivity index (χ4n) is 3.15. The SMILES string of the molecule is C=C1C(Br)=CC(c2ccccc2)=C(c2c(F)cc(OCC(F)F)cc2F)N1CC(F)F. The number of rotatable bonds is 7. The van der Waals surface area contributed by atoms with Crippen molar-refractivity contribution < 1.29 is 31.1 Å². The Morgan fingerprint density at radius 1 is 0.968 bits per heavy atom. The zero-order valence-corrected chi connectivity index (χ0v) is 17.5. The molecule has 0 amide bonds. The summed E-state index contributed by atoms with van der Waals surface area (Å²) in [6, 6.07) is 9.93. The van der Waals surface area contributed by atoms with E-state index in [2.05, 4.69) is 22.5 Å². The molecule has 164 valence electrons. The summed E-state index contributed by atoms with van der Waals surface area (Å²) >= 11 is 3.27. The lowest BCUT2D eigenvalue weighted by molar-refractivity contribution is 0.0815. The van der Waals surface area contributed by atoms with E-state index in [1.807, 2.05) is 0 Å². The molecule has 0 aromatic heterocycles. The van der Waals surface area contributed by atoms with Gasteiger partial charge in [-0.3, -0.25) is 0 Å². The van der Waals surface area contributed by atoms with Crippen LogP contribution in [0, 0.1) is 11.6 Å². The first-order valence-electron chi connectivity index (χ1n) is 9.01. The topological polar surface area (TPSA) is 12.5 Å². The van der Waals surface area contributed by atoms with Crippen LogP contribution in [-0.4, -0.2) is 30.9 Å². The van der Waals surface area contributed by atoms with Crippen molar-refractivity contribution in [1.29, 1.82) is 0 Å². The minimum absolute atomic E-state index is 0.0896. The van der Waals surface area contributed by atoms with Gasteiger partial charge in [0, 0.05) is 27.9 Å². The molecule has 0 fully saturated rings. The Morgan fingerprint density at radius 2 is 1.58 bits per heavy atom. The highest BCUT2D eigenvalue weighted by atomic mass is 79.9. The summed E-state index contributed by atoms with van der Waals surface area (Å²) in [6.07, 6.45) is -4.12. The molecule has 0 bridgehead atoms. The number of hydrogen-bond donors (Lipinski definition) is 0. The Morgan fingerprint density at radius 3 is 2.13 bits per heavy atom. The molecular formula is C22H16BrF6NO. The van der Waals surface area contributed by atoms with Crippen molar-refractivity contribution >= 4 is 27.2 Å². The maximum atomic E-state index is 15.0. The van der Waals surface area contributed by atoms with Crippen LogP contribution < -0.4 is 4.74 Å². The molecular weight excluding hydrogens is 488 g/mol. The van der Waals surface area contributed by atoms with Crippen LogP contribution in [0.4, 0.5) is 26.3 Å². The van der Waals surface area contributed by atoms with Crippen molar-refractivity contribution in [3.8, 4) is 5.75 Å². The van der Waals surface area contributed by atoms with Crippen molar-refractivity contribution in [2.45, 2.75) is 12.9 Å². The predicted molar refractivity (Wildman–Crippen MR) is 110 cm³/mol. The molecule has 0 spiro atoms. The van der Waals surface area contributed by atoms with Crippen LogP contribution in [0.3, 0.4) is 0 Å². The molecule has 0 N–H and O–H groups in total. The first-order chi connectivity index (χ1) is 14.7. The second-order valence-electron chi connectivity index (χ2n) is 6.53. The summed E-state index contributed by atoms with van der Waals surface area (Å²) in [6.45, 7) is 1.84. The Labute approximate surface area is 183 Å². The highest BCUT2D eigenvalue weighted by Gasteiger charge is 2.31. The smallest absolute Gasteiger partial charge is 0.272 e. The lowest BCUT2D eigenvalue weighted by atomic mass is 9.94. The Balaban J connectivity index is 2.24. The number of ether oxygens (including phenoxy) is 1. The van der Waals surface area contributed by atoms with Crippen LogP contribution in [-0.2, 0) is 0 Å². The molecule has 2 nitrogen and oxygen atoms in total. The van der Waals surface area contributed by atoms with Crippen LogP contribution in [0.5, 0.6) is 5.75 Å². The molecule has 0 atom stereocenters. The van der Waals surface area contributed by atoms with Gasteiger partial charge in [-0.25, -0.2) is 26.3 Å². The molecule has 0 radical (unpaired) electrons. The van der Waals surface area contributed by atoms with E-state index in [1.54, 1.807) is 30.3 Å². The molecule has 31 heavy (non-hydrogen) atoms. The molecule has 0 saturated carbocycles. The molecule has 0 unspecified atom stereocenters. The Hall–Kier alpha value is -2.68. The molecule has 0 aliphatic carbocycles. The average molecular weight is 504 g/mol. The van der Waals surface area contributed by atoms with E-state index < -0.39 is 48.9 Å². The minimum Gasteiger partial charge on any atom is -0.487 e.